The van der Waals surface area contributed by atoms with E-state index in [-0.39, 0.29) is 34.0 Å². The van der Waals surface area contributed by atoms with Gasteiger partial charge in [-0.05, 0) is 37.3 Å². The number of sulfone groups is 1. The van der Waals surface area contributed by atoms with E-state index in [0.717, 1.165) is 15.3 Å². The first-order valence-corrected chi connectivity index (χ1v) is 12.2. The van der Waals surface area contributed by atoms with Gasteiger partial charge in [0.2, 0.25) is 0 Å². The highest BCUT2D eigenvalue weighted by Gasteiger charge is 2.32. The average molecular weight is 448 g/mol. The third-order valence-electron chi connectivity index (χ3n) is 5.33. The molecular formula is C21H22FN3O3S2. The van der Waals surface area contributed by atoms with Crippen LogP contribution in [0.15, 0.2) is 47.4 Å². The van der Waals surface area contributed by atoms with E-state index in [1.165, 1.54) is 29.5 Å². The van der Waals surface area contributed by atoms with Crippen molar-refractivity contribution in [2.75, 3.05) is 30.3 Å². The van der Waals surface area contributed by atoms with Crippen LogP contribution < -0.4 is 4.90 Å². The van der Waals surface area contributed by atoms with E-state index in [1.807, 2.05) is 6.92 Å². The van der Waals surface area contributed by atoms with Crippen LogP contribution in [0.3, 0.4) is 0 Å². The van der Waals surface area contributed by atoms with Crippen molar-refractivity contribution in [1.82, 2.24) is 9.88 Å². The number of anilines is 1. The van der Waals surface area contributed by atoms with Crippen LogP contribution in [0.25, 0.3) is 10.2 Å². The summed E-state index contributed by atoms with van der Waals surface area (Å²) in [6.45, 7) is 5.10. The zero-order chi connectivity index (χ0) is 21.5. The summed E-state index contributed by atoms with van der Waals surface area (Å²) in [6.07, 6.45) is 0. The average Bonchev–Trinajstić information content (AvgIpc) is 3.16. The first kappa shape index (κ1) is 20.7. The van der Waals surface area contributed by atoms with Gasteiger partial charge in [0.25, 0.3) is 5.91 Å². The van der Waals surface area contributed by atoms with Gasteiger partial charge in [-0.25, -0.2) is 17.8 Å². The number of benzene rings is 2. The van der Waals surface area contributed by atoms with Crippen LogP contribution in [-0.2, 0) is 9.84 Å². The molecule has 1 aromatic heterocycles. The van der Waals surface area contributed by atoms with Gasteiger partial charge in [-0.15, -0.1) is 0 Å². The van der Waals surface area contributed by atoms with Crippen molar-refractivity contribution in [3.05, 3.63) is 53.8 Å². The van der Waals surface area contributed by atoms with E-state index in [4.69, 9.17) is 0 Å². The Kier molecular flexibility index (Phi) is 5.50. The Morgan fingerprint density at radius 3 is 2.73 bits per heavy atom. The van der Waals surface area contributed by atoms with Crippen molar-refractivity contribution in [3.63, 3.8) is 0 Å². The van der Waals surface area contributed by atoms with Gasteiger partial charge < -0.3 is 9.80 Å². The maximum Gasteiger partial charge on any atom is 0.255 e. The van der Waals surface area contributed by atoms with Crippen LogP contribution in [0, 0.1) is 5.82 Å². The predicted molar refractivity (Wildman–Crippen MR) is 116 cm³/mol. The highest BCUT2D eigenvalue weighted by atomic mass is 32.2. The Morgan fingerprint density at radius 1 is 1.23 bits per heavy atom. The molecule has 0 spiro atoms. The number of fused-ring (bicyclic) bond motifs is 1. The van der Waals surface area contributed by atoms with Crippen LogP contribution in [0.5, 0.6) is 0 Å². The van der Waals surface area contributed by atoms with Gasteiger partial charge in [0.1, 0.15) is 5.82 Å². The number of hydrogen-bond acceptors (Lipinski definition) is 6. The zero-order valence-corrected chi connectivity index (χ0v) is 18.3. The van der Waals surface area contributed by atoms with E-state index < -0.39 is 9.84 Å². The Hall–Kier alpha value is -2.52. The normalized spacial score (nSPS) is 17.5. The molecule has 0 saturated carbocycles. The number of aromatic nitrogens is 1. The summed E-state index contributed by atoms with van der Waals surface area (Å²) in [5, 5.41) is 0.795. The SMILES string of the molecule is CCS(=O)(=O)c1ccccc1C(=O)N1CCN(c2nc3ccc(F)cc3s2)C[C@H]1C. The minimum Gasteiger partial charge on any atom is -0.344 e. The molecule has 0 N–H and O–H groups in total. The maximum atomic E-state index is 13.5. The molecule has 3 aromatic rings. The quantitative estimate of drug-likeness (QED) is 0.611. The van der Waals surface area contributed by atoms with E-state index in [2.05, 4.69) is 9.88 Å². The van der Waals surface area contributed by atoms with Crippen LogP contribution >= 0.6 is 11.3 Å². The molecule has 9 heteroatoms. The van der Waals surface area contributed by atoms with Gasteiger partial charge in [-0.3, -0.25) is 4.79 Å². The molecule has 2 heterocycles. The highest BCUT2D eigenvalue weighted by Crippen LogP contribution is 2.31. The van der Waals surface area contributed by atoms with Crippen molar-refractivity contribution in [3.8, 4) is 0 Å². The van der Waals surface area contributed by atoms with E-state index >= 15 is 0 Å². The first-order chi connectivity index (χ1) is 14.3. The smallest absolute Gasteiger partial charge is 0.255 e. The lowest BCUT2D eigenvalue weighted by Gasteiger charge is -2.40. The van der Waals surface area contributed by atoms with Crippen molar-refractivity contribution in [2.24, 2.45) is 0 Å². The number of carbonyl (C=O) groups is 1. The largest absolute Gasteiger partial charge is 0.344 e. The molecule has 1 amide bonds. The lowest BCUT2D eigenvalue weighted by Crippen LogP contribution is -2.54. The second-order valence-electron chi connectivity index (χ2n) is 7.30. The Bertz CT molecular complexity index is 1210. The molecule has 1 saturated heterocycles. The second-order valence-corrected chi connectivity index (χ2v) is 10.6. The molecule has 1 atom stereocenters. The molecule has 0 aliphatic carbocycles. The number of hydrogen-bond donors (Lipinski definition) is 0. The van der Waals surface area contributed by atoms with Crippen LogP contribution in [0.4, 0.5) is 9.52 Å². The summed E-state index contributed by atoms with van der Waals surface area (Å²) in [6, 6.07) is 10.8. The Labute approximate surface area is 178 Å². The molecule has 1 aliphatic heterocycles. The van der Waals surface area contributed by atoms with Crippen LogP contribution in [0.1, 0.15) is 24.2 Å². The molecule has 6 nitrogen and oxygen atoms in total. The minimum atomic E-state index is -3.50. The number of amides is 1. The van der Waals surface area contributed by atoms with Crippen LogP contribution in [-0.4, -0.2) is 55.6 Å². The molecule has 158 valence electrons. The van der Waals surface area contributed by atoms with Gasteiger partial charge >= 0.3 is 0 Å². The minimum absolute atomic E-state index is 0.0567. The predicted octanol–water partition coefficient (Wildman–Crippen LogP) is 3.58. The van der Waals surface area contributed by atoms with E-state index in [0.29, 0.717) is 19.6 Å². The van der Waals surface area contributed by atoms with Crippen molar-refractivity contribution < 1.29 is 17.6 Å². The lowest BCUT2D eigenvalue weighted by molar-refractivity contribution is 0.0670. The number of thiazole rings is 1. The van der Waals surface area contributed by atoms with Gasteiger partial charge in [-0.1, -0.05) is 30.4 Å². The van der Waals surface area contributed by atoms with Crippen LogP contribution in [0.2, 0.25) is 0 Å². The van der Waals surface area contributed by atoms with Crippen molar-refractivity contribution >= 4 is 42.4 Å². The lowest BCUT2D eigenvalue weighted by atomic mass is 10.1. The monoisotopic (exact) mass is 447 g/mol. The van der Waals surface area contributed by atoms with Gasteiger partial charge in [0, 0.05) is 25.7 Å². The summed E-state index contributed by atoms with van der Waals surface area (Å²) in [7, 11) is -3.50. The third kappa shape index (κ3) is 3.79. The van der Waals surface area contributed by atoms with Crippen molar-refractivity contribution in [1.29, 1.82) is 0 Å². The van der Waals surface area contributed by atoms with E-state index in [1.54, 1.807) is 36.1 Å². The molecule has 0 unspecified atom stereocenters. The number of nitrogens with zero attached hydrogens (tertiary/aromatic N) is 3. The fourth-order valence-electron chi connectivity index (χ4n) is 3.68. The summed E-state index contributed by atoms with van der Waals surface area (Å²) in [4.78, 5) is 21.7. The molecule has 1 fully saturated rings. The molecular weight excluding hydrogens is 425 g/mol. The molecule has 0 bridgehead atoms. The van der Waals surface area contributed by atoms with E-state index in [9.17, 15) is 17.6 Å². The second kappa shape index (κ2) is 7.96. The number of piperazine rings is 1. The first-order valence-electron chi connectivity index (χ1n) is 9.74. The molecule has 30 heavy (non-hydrogen) atoms. The third-order valence-corrected chi connectivity index (χ3v) is 8.20. The zero-order valence-electron chi connectivity index (χ0n) is 16.7. The topological polar surface area (TPSA) is 70.6 Å². The fraction of sp³-hybridized carbons (Fsp3) is 0.333. The summed E-state index contributed by atoms with van der Waals surface area (Å²) in [5.74, 6) is -0.623. The summed E-state index contributed by atoms with van der Waals surface area (Å²) in [5.41, 5.74) is 0.969. The van der Waals surface area contributed by atoms with Gasteiger partial charge in [0.05, 0.1) is 26.4 Å². The summed E-state index contributed by atoms with van der Waals surface area (Å²) >= 11 is 1.43. The number of rotatable bonds is 4. The van der Waals surface area contributed by atoms with Gasteiger partial charge in [0.15, 0.2) is 15.0 Å². The molecule has 4 rings (SSSR count). The number of halogens is 1. The number of carbonyl (C=O) groups excluding carboxylic acids is 1. The maximum absolute atomic E-state index is 13.5. The Balaban J connectivity index is 1.56. The molecule has 2 aromatic carbocycles. The standard InChI is InChI=1S/C21H22FN3O3S2/c1-3-30(27,28)19-7-5-4-6-16(19)20(26)25-11-10-24(13-14(25)2)21-23-17-9-8-15(22)12-18(17)29-21/h4-9,12,14H,3,10-11,13H2,1-2H3/t14-/m1/s1. The Morgan fingerprint density at radius 2 is 2.00 bits per heavy atom. The molecule has 0 radical (unpaired) electrons. The molecule has 1 aliphatic rings. The highest BCUT2D eigenvalue weighted by molar-refractivity contribution is 7.91. The van der Waals surface area contributed by atoms with Gasteiger partial charge in [-0.2, -0.15) is 0 Å². The summed E-state index contributed by atoms with van der Waals surface area (Å²) < 4.78 is 39.1. The van der Waals surface area contributed by atoms with Crippen molar-refractivity contribution in [2.45, 2.75) is 24.8 Å². The fourth-order valence-corrected chi connectivity index (χ4v) is 5.79.